The van der Waals surface area contributed by atoms with Crippen molar-refractivity contribution in [1.29, 1.82) is 0 Å². The number of hydrogen-bond acceptors (Lipinski definition) is 2. The first kappa shape index (κ1) is 21.6. The van der Waals surface area contributed by atoms with Crippen LogP contribution in [0.15, 0.2) is 0 Å². The Morgan fingerprint density at radius 2 is 1.05 bits per heavy atom. The molecule has 0 spiro atoms. The van der Waals surface area contributed by atoms with Gasteiger partial charge in [0.25, 0.3) is 0 Å². The topological polar surface area (TPSA) is 42.9 Å². The number of rotatable bonds is 7. The third-order valence-electron chi connectivity index (χ3n) is 2.69. The van der Waals surface area contributed by atoms with E-state index in [-0.39, 0.29) is 18.9 Å². The number of hydrogen-bond donors (Lipinski definition) is 0. The minimum atomic E-state index is -0.845. The fourth-order valence-electron chi connectivity index (χ4n) is 2.33. The summed E-state index contributed by atoms with van der Waals surface area (Å²) in [5.41, 5.74) is 8.94. The zero-order valence-corrected chi connectivity index (χ0v) is 14.9. The minimum Gasteiger partial charge on any atom is -0.407 e. The quantitative estimate of drug-likeness (QED) is 0.172. The van der Waals surface area contributed by atoms with E-state index >= 15 is 0 Å². The van der Waals surface area contributed by atoms with E-state index in [1.165, 1.54) is 0 Å². The van der Waals surface area contributed by atoms with E-state index < -0.39 is 8.22 Å². The predicted octanol–water partition coefficient (Wildman–Crippen LogP) is 0.675. The molecule has 0 fully saturated rings. The maximum atomic E-state index is 8.94. The smallest absolute Gasteiger partial charge is 0.407 e. The summed E-state index contributed by atoms with van der Waals surface area (Å²) in [7, 11) is -0.845. The van der Waals surface area contributed by atoms with Crippen LogP contribution in [0.4, 0.5) is 0 Å². The van der Waals surface area contributed by atoms with Crippen molar-refractivity contribution in [3.8, 4) is 0 Å². The summed E-state index contributed by atoms with van der Waals surface area (Å²) >= 11 is 0. The SMILES string of the molecule is CC(C)N(C(C)C)P([C-]=[N+]=[N-])N(C(C)C)C(C)C.[Li+]. The predicted molar refractivity (Wildman–Crippen MR) is 79.8 cm³/mol. The summed E-state index contributed by atoms with van der Waals surface area (Å²) in [6.07, 6.45) is 0. The van der Waals surface area contributed by atoms with Gasteiger partial charge in [-0.25, -0.2) is 0 Å². The monoisotopic (exact) mass is 278 g/mol. The molecule has 0 heterocycles. The molecule has 0 saturated heterocycles. The third-order valence-corrected chi connectivity index (χ3v) is 5.68. The molecule has 0 bridgehead atoms. The normalized spacial score (nSPS) is 11.9. The van der Waals surface area contributed by atoms with Gasteiger partial charge in [-0.1, -0.05) is 0 Å². The maximum absolute atomic E-state index is 8.94. The van der Waals surface area contributed by atoms with E-state index in [2.05, 4.69) is 75.5 Å². The Labute approximate surface area is 132 Å². The molecule has 0 N–H and O–H groups in total. The van der Waals surface area contributed by atoms with Crippen molar-refractivity contribution in [3.05, 3.63) is 5.53 Å². The van der Waals surface area contributed by atoms with Gasteiger partial charge in [0.05, 0.1) is 0 Å². The number of nitrogens with zero attached hydrogens (tertiary/aromatic N) is 4. The van der Waals surface area contributed by atoms with Crippen molar-refractivity contribution < 1.29 is 23.7 Å². The first-order valence-electron chi connectivity index (χ1n) is 6.70. The van der Waals surface area contributed by atoms with E-state index in [4.69, 9.17) is 5.53 Å². The van der Waals surface area contributed by atoms with Crippen LogP contribution in [0.2, 0.25) is 0 Å². The Balaban J connectivity index is 0. The summed E-state index contributed by atoms with van der Waals surface area (Å²) in [4.78, 5) is 3.20. The van der Waals surface area contributed by atoms with Gasteiger partial charge in [0.2, 0.25) is 0 Å². The van der Waals surface area contributed by atoms with E-state index in [0.717, 1.165) is 0 Å². The largest absolute Gasteiger partial charge is 1.00 e. The third kappa shape index (κ3) is 6.54. The molecular weight excluding hydrogens is 250 g/mol. The first-order valence-corrected chi connectivity index (χ1v) is 7.95. The second-order valence-corrected chi connectivity index (χ2v) is 7.33. The van der Waals surface area contributed by atoms with Crippen LogP contribution in [0.1, 0.15) is 55.4 Å². The van der Waals surface area contributed by atoms with Gasteiger partial charge in [-0.05, 0) is 69.6 Å². The second-order valence-electron chi connectivity index (χ2n) is 5.62. The summed E-state index contributed by atoms with van der Waals surface area (Å²) in [6.45, 7) is 17.4. The Morgan fingerprint density at radius 1 is 0.789 bits per heavy atom. The molecule has 6 heteroatoms. The van der Waals surface area contributed by atoms with Gasteiger partial charge in [0.15, 0.2) is 0 Å². The standard InChI is InChI=1S/C13H28N4P.Li/c1-10(2)16(11(3)4)18(9-15-14)17(12(5)6)13(7)8;/h10-13H,1-8H3;/q-1;+1. The van der Waals surface area contributed by atoms with Crippen molar-refractivity contribution >= 4 is 14.2 Å². The molecule has 0 unspecified atom stereocenters. The molecule has 0 aromatic carbocycles. The fraction of sp³-hybridized carbons (Fsp3) is 0.923. The molecule has 0 aromatic heterocycles. The van der Waals surface area contributed by atoms with E-state index in [1.807, 2.05) is 0 Å². The molecule has 19 heavy (non-hydrogen) atoms. The summed E-state index contributed by atoms with van der Waals surface area (Å²) < 4.78 is 4.74. The van der Waals surface area contributed by atoms with Gasteiger partial charge in [-0.2, -0.15) is 0 Å². The summed E-state index contributed by atoms with van der Waals surface area (Å²) in [6, 6.07) is 1.58. The Bertz CT molecular complexity index is 252. The van der Waals surface area contributed by atoms with Gasteiger partial charge >= 0.3 is 18.9 Å². The van der Waals surface area contributed by atoms with Crippen molar-refractivity contribution in [2.24, 2.45) is 0 Å². The molecule has 0 rings (SSSR count). The van der Waals surface area contributed by atoms with Crippen LogP contribution >= 0.6 is 8.22 Å². The average molecular weight is 278 g/mol. The molecule has 0 aliphatic rings. The molecule has 0 atom stereocenters. The second kappa shape index (κ2) is 10.1. The van der Waals surface area contributed by atoms with Crippen LogP contribution in [0.25, 0.3) is 5.53 Å². The molecule has 0 amide bonds. The van der Waals surface area contributed by atoms with Gasteiger partial charge in [0.1, 0.15) is 0 Å². The van der Waals surface area contributed by atoms with Crippen LogP contribution < -0.4 is 18.9 Å². The van der Waals surface area contributed by atoms with Crippen LogP contribution in [0, 0.1) is 0 Å². The Kier molecular flexibility index (Phi) is 11.5. The van der Waals surface area contributed by atoms with E-state index in [1.54, 1.807) is 0 Å². The van der Waals surface area contributed by atoms with Crippen LogP contribution in [0.5, 0.6) is 0 Å². The minimum absolute atomic E-state index is 0. The van der Waals surface area contributed by atoms with Crippen molar-refractivity contribution in [3.63, 3.8) is 0 Å². The molecular formula is C13H28LiN4P. The molecule has 0 aromatic rings. The van der Waals surface area contributed by atoms with Crippen LogP contribution in [-0.4, -0.2) is 44.3 Å². The molecule has 0 saturated carbocycles. The molecule has 0 radical (unpaired) electrons. The van der Waals surface area contributed by atoms with Crippen LogP contribution in [0.3, 0.4) is 0 Å². The summed E-state index contributed by atoms with van der Waals surface area (Å²) in [5.74, 6) is 2.91. The zero-order valence-electron chi connectivity index (χ0n) is 14.0. The van der Waals surface area contributed by atoms with Gasteiger partial charge in [-0.15, -0.1) is 0 Å². The van der Waals surface area contributed by atoms with Gasteiger partial charge in [0, 0.05) is 24.2 Å². The average Bonchev–Trinajstić information content (AvgIpc) is 2.14. The fourth-order valence-corrected chi connectivity index (χ4v) is 4.61. The van der Waals surface area contributed by atoms with Gasteiger partial charge < -0.3 is 10.3 Å². The van der Waals surface area contributed by atoms with Crippen molar-refractivity contribution in [1.82, 2.24) is 9.34 Å². The van der Waals surface area contributed by atoms with Gasteiger partial charge in [-0.3, -0.25) is 9.34 Å². The van der Waals surface area contributed by atoms with E-state index in [0.29, 0.717) is 24.2 Å². The first-order chi connectivity index (χ1) is 8.23. The molecule has 4 nitrogen and oxygen atoms in total. The zero-order chi connectivity index (χ0) is 14.5. The van der Waals surface area contributed by atoms with E-state index in [9.17, 15) is 0 Å². The van der Waals surface area contributed by atoms with Crippen molar-refractivity contribution in [2.45, 2.75) is 79.6 Å². The molecule has 0 aliphatic carbocycles. The summed E-state index contributed by atoms with van der Waals surface area (Å²) in [5, 5.41) is 0. The molecule has 0 aliphatic heterocycles. The Hall–Kier alpha value is 0.327. The van der Waals surface area contributed by atoms with Crippen molar-refractivity contribution in [2.75, 3.05) is 0 Å². The maximum Gasteiger partial charge on any atom is 1.00 e. The Morgan fingerprint density at radius 3 is 1.21 bits per heavy atom. The molecule has 106 valence electrons. The van der Waals surface area contributed by atoms with Crippen LogP contribution in [-0.2, 0) is 0 Å².